The van der Waals surface area contributed by atoms with Crippen LogP contribution in [0.1, 0.15) is 6.92 Å². The van der Waals surface area contributed by atoms with E-state index in [2.05, 4.69) is 51.0 Å². The number of nitrogens with one attached hydrogen (secondary N) is 1. The molecule has 7 heteroatoms. The predicted octanol–water partition coefficient (Wildman–Crippen LogP) is -0.0812. The van der Waals surface area contributed by atoms with Crippen molar-refractivity contribution < 1.29 is 9.69 Å². The molecule has 0 spiro atoms. The number of anilines is 2. The summed E-state index contributed by atoms with van der Waals surface area (Å²) in [4.78, 5) is 29.7. The Morgan fingerprint density at radius 2 is 1.54 bits per heavy atom. The fourth-order valence-electron chi connectivity index (χ4n) is 4.15. The van der Waals surface area contributed by atoms with E-state index in [0.29, 0.717) is 0 Å². The quantitative estimate of drug-likeness (QED) is 0.803. The lowest BCUT2D eigenvalue weighted by molar-refractivity contribution is -0.915. The Kier molecular flexibility index (Phi) is 5.71. The number of hydrogen-bond donors (Lipinski definition) is 1. The van der Waals surface area contributed by atoms with Crippen LogP contribution in [0.25, 0.3) is 0 Å². The minimum Gasteiger partial charge on any atom is -0.368 e. The highest BCUT2D eigenvalue weighted by molar-refractivity contribution is 5.80. The van der Waals surface area contributed by atoms with Crippen LogP contribution in [0.3, 0.4) is 0 Å². The average molecular weight is 382 g/mol. The normalized spacial score (nSPS) is 19.5. The minimum atomic E-state index is 0.00196. The van der Waals surface area contributed by atoms with Gasteiger partial charge < -0.3 is 19.6 Å². The highest BCUT2D eigenvalue weighted by Gasteiger charge is 2.33. The van der Waals surface area contributed by atoms with Gasteiger partial charge in [-0.2, -0.15) is 0 Å². The Hall–Kier alpha value is -2.67. The number of rotatable bonds is 4. The summed E-state index contributed by atoms with van der Waals surface area (Å²) in [6.07, 6.45) is 3.56. The van der Waals surface area contributed by atoms with Crippen LogP contribution in [0.2, 0.25) is 0 Å². The second kappa shape index (κ2) is 8.56. The standard InChI is InChI=1S/C21H28N6O/c1-18(24-10-16-27(17-11-24)21-22-8-5-9-23-21)20(28)26-14-12-25(13-15-26)19-6-3-2-4-7-19/h2-9,18H,10-17H2,1H3/p+1/t18-/m0/s1. The number of quaternary nitrogens is 1. The zero-order valence-corrected chi connectivity index (χ0v) is 16.5. The summed E-state index contributed by atoms with van der Waals surface area (Å²) >= 11 is 0. The van der Waals surface area contributed by atoms with Crippen LogP contribution >= 0.6 is 0 Å². The SMILES string of the molecule is C[C@@H](C(=O)N1CCN(c2ccccc2)CC1)[NH+]1CCN(c2ncccn2)CC1. The van der Waals surface area contributed by atoms with Crippen LogP contribution in [0, 0.1) is 0 Å². The number of benzene rings is 1. The van der Waals surface area contributed by atoms with Crippen molar-refractivity contribution in [3.8, 4) is 0 Å². The first kappa shape index (κ1) is 18.7. The molecule has 4 rings (SSSR count). The number of para-hydroxylation sites is 1. The number of hydrogen-bond acceptors (Lipinski definition) is 5. The fourth-order valence-corrected chi connectivity index (χ4v) is 4.15. The molecule has 3 heterocycles. The highest BCUT2D eigenvalue weighted by Crippen LogP contribution is 2.15. The van der Waals surface area contributed by atoms with Crippen molar-refractivity contribution in [1.29, 1.82) is 0 Å². The van der Waals surface area contributed by atoms with Gasteiger partial charge in [0, 0.05) is 44.3 Å². The number of aromatic nitrogens is 2. The molecule has 148 valence electrons. The largest absolute Gasteiger partial charge is 0.368 e. The molecule has 1 atom stereocenters. The summed E-state index contributed by atoms with van der Waals surface area (Å²) in [5, 5.41) is 0. The van der Waals surface area contributed by atoms with Gasteiger partial charge in [-0.05, 0) is 25.1 Å². The van der Waals surface area contributed by atoms with E-state index in [1.807, 2.05) is 17.0 Å². The molecule has 0 saturated carbocycles. The average Bonchev–Trinajstić information content (AvgIpc) is 2.79. The first-order chi connectivity index (χ1) is 13.7. The maximum absolute atomic E-state index is 13.0. The molecule has 1 aromatic carbocycles. The molecule has 0 radical (unpaired) electrons. The van der Waals surface area contributed by atoms with Crippen LogP contribution < -0.4 is 14.7 Å². The van der Waals surface area contributed by atoms with E-state index in [1.165, 1.54) is 10.6 Å². The number of nitrogens with zero attached hydrogens (tertiary/aromatic N) is 5. The van der Waals surface area contributed by atoms with Crippen LogP contribution in [0.15, 0.2) is 48.8 Å². The second-order valence-electron chi connectivity index (χ2n) is 7.56. The zero-order chi connectivity index (χ0) is 19.3. The van der Waals surface area contributed by atoms with Gasteiger partial charge in [-0.3, -0.25) is 4.79 Å². The van der Waals surface area contributed by atoms with Gasteiger partial charge in [-0.1, -0.05) is 18.2 Å². The van der Waals surface area contributed by atoms with E-state index in [4.69, 9.17) is 0 Å². The summed E-state index contributed by atoms with van der Waals surface area (Å²) in [7, 11) is 0. The maximum Gasteiger partial charge on any atom is 0.280 e. The summed E-state index contributed by atoms with van der Waals surface area (Å²) < 4.78 is 0. The molecule has 1 aromatic heterocycles. The van der Waals surface area contributed by atoms with Crippen LogP contribution in [0.4, 0.5) is 11.6 Å². The van der Waals surface area contributed by atoms with E-state index >= 15 is 0 Å². The number of carbonyl (C=O) groups excluding carboxylic acids is 1. The van der Waals surface area contributed by atoms with Gasteiger partial charge >= 0.3 is 0 Å². The Morgan fingerprint density at radius 3 is 2.18 bits per heavy atom. The third-order valence-electron chi connectivity index (χ3n) is 5.94. The van der Waals surface area contributed by atoms with E-state index in [9.17, 15) is 4.79 Å². The van der Waals surface area contributed by atoms with Crippen molar-refractivity contribution in [2.24, 2.45) is 0 Å². The van der Waals surface area contributed by atoms with E-state index < -0.39 is 0 Å². The molecule has 2 aromatic rings. The van der Waals surface area contributed by atoms with Gasteiger partial charge in [0.05, 0.1) is 26.2 Å². The third-order valence-corrected chi connectivity index (χ3v) is 5.94. The van der Waals surface area contributed by atoms with Crippen molar-refractivity contribution in [3.63, 3.8) is 0 Å². The molecule has 0 bridgehead atoms. The van der Waals surface area contributed by atoms with Gasteiger partial charge in [0.2, 0.25) is 5.95 Å². The Morgan fingerprint density at radius 1 is 0.893 bits per heavy atom. The minimum absolute atomic E-state index is 0.00196. The molecule has 2 aliphatic rings. The summed E-state index contributed by atoms with van der Waals surface area (Å²) in [6.45, 7) is 9.14. The smallest absolute Gasteiger partial charge is 0.280 e. The first-order valence-electron chi connectivity index (χ1n) is 10.2. The molecule has 2 fully saturated rings. The zero-order valence-electron chi connectivity index (χ0n) is 16.5. The molecule has 0 unspecified atom stereocenters. The number of piperazine rings is 2. The van der Waals surface area contributed by atoms with Gasteiger partial charge in [-0.15, -0.1) is 0 Å². The third kappa shape index (κ3) is 4.09. The summed E-state index contributed by atoms with van der Waals surface area (Å²) in [6, 6.07) is 12.3. The molecule has 2 saturated heterocycles. The molecule has 1 amide bonds. The first-order valence-corrected chi connectivity index (χ1v) is 10.2. The lowest BCUT2D eigenvalue weighted by Crippen LogP contribution is -3.19. The summed E-state index contributed by atoms with van der Waals surface area (Å²) in [5.41, 5.74) is 1.24. The molecular weight excluding hydrogens is 352 g/mol. The van der Waals surface area contributed by atoms with E-state index in [1.54, 1.807) is 12.4 Å². The number of amides is 1. The topological polar surface area (TPSA) is 57.0 Å². The van der Waals surface area contributed by atoms with Crippen LogP contribution in [-0.2, 0) is 4.79 Å². The van der Waals surface area contributed by atoms with Gasteiger partial charge in [0.25, 0.3) is 5.91 Å². The molecular formula is C21H29N6O+. The number of carbonyl (C=O) groups is 1. The van der Waals surface area contributed by atoms with Crippen molar-refractivity contribution in [3.05, 3.63) is 48.8 Å². The van der Waals surface area contributed by atoms with Crippen molar-refractivity contribution in [1.82, 2.24) is 14.9 Å². The van der Waals surface area contributed by atoms with E-state index in [0.717, 1.165) is 58.3 Å². The van der Waals surface area contributed by atoms with Crippen LogP contribution in [0.5, 0.6) is 0 Å². The molecule has 7 nitrogen and oxygen atoms in total. The van der Waals surface area contributed by atoms with Gasteiger partial charge in [0.1, 0.15) is 0 Å². The lowest BCUT2D eigenvalue weighted by Gasteiger charge is -2.39. The molecule has 28 heavy (non-hydrogen) atoms. The van der Waals surface area contributed by atoms with Gasteiger partial charge in [-0.25, -0.2) is 9.97 Å². The highest BCUT2D eigenvalue weighted by atomic mass is 16.2. The van der Waals surface area contributed by atoms with E-state index in [-0.39, 0.29) is 11.9 Å². The Bertz CT molecular complexity index is 755. The monoisotopic (exact) mass is 381 g/mol. The molecule has 0 aliphatic carbocycles. The van der Waals surface area contributed by atoms with Crippen molar-refractivity contribution in [2.75, 3.05) is 62.2 Å². The lowest BCUT2D eigenvalue weighted by atomic mass is 10.1. The fraction of sp³-hybridized carbons (Fsp3) is 0.476. The van der Waals surface area contributed by atoms with Crippen LogP contribution in [-0.4, -0.2) is 79.2 Å². The second-order valence-corrected chi connectivity index (χ2v) is 7.56. The summed E-state index contributed by atoms with van der Waals surface area (Å²) in [5.74, 6) is 1.07. The van der Waals surface area contributed by atoms with Crippen molar-refractivity contribution in [2.45, 2.75) is 13.0 Å². The maximum atomic E-state index is 13.0. The van der Waals surface area contributed by atoms with Gasteiger partial charge in [0.15, 0.2) is 6.04 Å². The Balaban J connectivity index is 1.27. The molecule has 2 aliphatic heterocycles. The molecule has 1 N–H and O–H groups in total. The Labute approximate surface area is 166 Å². The van der Waals surface area contributed by atoms with Crippen molar-refractivity contribution >= 4 is 17.5 Å². The predicted molar refractivity (Wildman–Crippen MR) is 110 cm³/mol.